The third-order valence-corrected chi connectivity index (χ3v) is 4.90. The Morgan fingerprint density at radius 1 is 1.11 bits per heavy atom. The number of phenols is 1. The highest BCUT2D eigenvalue weighted by molar-refractivity contribution is 6.06. The van der Waals surface area contributed by atoms with Crippen molar-refractivity contribution in [2.24, 2.45) is 0 Å². The van der Waals surface area contributed by atoms with Gasteiger partial charge >= 0.3 is 0 Å². The highest BCUT2D eigenvalue weighted by atomic mass is 16.5. The standard InChI is InChI=1S/C22H26N2O3/c1-23-11-13-24(14-12-23)16-19-15-17(4-10-22(19)26)3-9-21(25)18-5-7-20(27-2)8-6-18/h3-10,15,26H,11-14,16H2,1-2H3/b9-3+. The lowest BCUT2D eigenvalue weighted by Crippen LogP contribution is -2.43. The molecule has 2 aromatic carbocycles. The largest absolute Gasteiger partial charge is 0.508 e. The average Bonchev–Trinajstić information content (AvgIpc) is 2.70. The molecule has 0 aromatic heterocycles. The second-order valence-electron chi connectivity index (χ2n) is 6.89. The zero-order chi connectivity index (χ0) is 19.2. The number of allylic oxidation sites excluding steroid dienone is 1. The molecule has 0 bridgehead atoms. The summed E-state index contributed by atoms with van der Waals surface area (Å²) in [6.45, 7) is 4.78. The summed E-state index contributed by atoms with van der Waals surface area (Å²) < 4.78 is 5.11. The van der Waals surface area contributed by atoms with Crippen LogP contribution < -0.4 is 4.74 Å². The molecule has 1 N–H and O–H groups in total. The lowest BCUT2D eigenvalue weighted by Gasteiger charge is -2.32. The number of piperazine rings is 1. The molecule has 1 fully saturated rings. The number of ketones is 1. The molecule has 5 heteroatoms. The van der Waals surface area contributed by atoms with Crippen molar-refractivity contribution in [3.05, 3.63) is 65.2 Å². The number of ether oxygens (including phenoxy) is 1. The first kappa shape index (κ1) is 19.1. The summed E-state index contributed by atoms with van der Waals surface area (Å²) in [5, 5.41) is 10.2. The molecule has 27 heavy (non-hydrogen) atoms. The van der Waals surface area contributed by atoms with Gasteiger partial charge in [-0.3, -0.25) is 9.69 Å². The lowest BCUT2D eigenvalue weighted by molar-refractivity contribution is 0.104. The van der Waals surface area contributed by atoms with Gasteiger partial charge in [-0.1, -0.05) is 12.1 Å². The first-order chi connectivity index (χ1) is 13.0. The first-order valence-electron chi connectivity index (χ1n) is 9.14. The fraction of sp³-hybridized carbons (Fsp3) is 0.318. The molecular weight excluding hydrogens is 340 g/mol. The number of nitrogens with zero attached hydrogens (tertiary/aromatic N) is 2. The van der Waals surface area contributed by atoms with E-state index in [9.17, 15) is 9.90 Å². The Bertz CT molecular complexity index is 807. The van der Waals surface area contributed by atoms with E-state index in [1.165, 1.54) is 0 Å². The van der Waals surface area contributed by atoms with Crippen molar-refractivity contribution < 1.29 is 14.6 Å². The number of carbonyl (C=O) groups is 1. The maximum Gasteiger partial charge on any atom is 0.185 e. The Morgan fingerprint density at radius 2 is 1.81 bits per heavy atom. The summed E-state index contributed by atoms with van der Waals surface area (Å²) in [6.07, 6.45) is 3.35. The van der Waals surface area contributed by atoms with Gasteiger partial charge in [0.15, 0.2) is 5.78 Å². The van der Waals surface area contributed by atoms with Gasteiger partial charge in [0.25, 0.3) is 0 Å². The summed E-state index contributed by atoms with van der Waals surface area (Å²) in [7, 11) is 3.72. The van der Waals surface area contributed by atoms with Gasteiger partial charge in [-0.05, 0) is 55.1 Å². The fourth-order valence-electron chi connectivity index (χ4n) is 3.11. The smallest absolute Gasteiger partial charge is 0.185 e. The molecule has 0 aliphatic carbocycles. The Balaban J connectivity index is 1.67. The number of hydrogen-bond acceptors (Lipinski definition) is 5. The molecule has 1 saturated heterocycles. The van der Waals surface area contributed by atoms with Crippen LogP contribution in [0.15, 0.2) is 48.5 Å². The van der Waals surface area contributed by atoms with Gasteiger partial charge in [0.2, 0.25) is 0 Å². The van der Waals surface area contributed by atoms with Crippen molar-refractivity contribution in [3.63, 3.8) is 0 Å². The summed E-state index contributed by atoms with van der Waals surface area (Å²) in [5.41, 5.74) is 2.40. The number of aromatic hydroxyl groups is 1. The van der Waals surface area contributed by atoms with E-state index in [0.29, 0.717) is 17.9 Å². The molecule has 0 unspecified atom stereocenters. The van der Waals surface area contributed by atoms with E-state index in [2.05, 4.69) is 16.8 Å². The normalized spacial score (nSPS) is 15.9. The Labute approximate surface area is 160 Å². The van der Waals surface area contributed by atoms with E-state index >= 15 is 0 Å². The maximum absolute atomic E-state index is 12.3. The summed E-state index contributed by atoms with van der Waals surface area (Å²) in [4.78, 5) is 17.0. The van der Waals surface area contributed by atoms with Crippen LogP contribution in [0.1, 0.15) is 21.5 Å². The van der Waals surface area contributed by atoms with Crippen LogP contribution >= 0.6 is 0 Å². The van der Waals surface area contributed by atoms with Gasteiger partial charge in [0, 0.05) is 43.9 Å². The molecule has 0 amide bonds. The van der Waals surface area contributed by atoms with Crippen LogP contribution in [-0.4, -0.2) is 61.0 Å². The predicted molar refractivity (Wildman–Crippen MR) is 107 cm³/mol. The number of methoxy groups -OCH3 is 1. The van der Waals surface area contributed by atoms with E-state index < -0.39 is 0 Å². The van der Waals surface area contributed by atoms with Crippen molar-refractivity contribution in [1.29, 1.82) is 0 Å². The number of hydrogen-bond donors (Lipinski definition) is 1. The lowest BCUT2D eigenvalue weighted by atomic mass is 10.1. The van der Waals surface area contributed by atoms with E-state index in [1.54, 1.807) is 49.6 Å². The van der Waals surface area contributed by atoms with E-state index in [1.807, 2.05) is 12.1 Å². The molecule has 0 spiro atoms. The van der Waals surface area contributed by atoms with Crippen LogP contribution in [0, 0.1) is 0 Å². The van der Waals surface area contributed by atoms with Crippen LogP contribution in [0.4, 0.5) is 0 Å². The van der Waals surface area contributed by atoms with E-state index in [-0.39, 0.29) is 5.78 Å². The minimum absolute atomic E-state index is 0.0636. The Hall–Kier alpha value is -2.63. The monoisotopic (exact) mass is 366 g/mol. The Morgan fingerprint density at radius 3 is 2.48 bits per heavy atom. The highest BCUT2D eigenvalue weighted by Gasteiger charge is 2.15. The van der Waals surface area contributed by atoms with Crippen LogP contribution in [0.5, 0.6) is 11.5 Å². The summed E-state index contributed by atoms with van der Waals surface area (Å²) in [6, 6.07) is 12.5. The van der Waals surface area contributed by atoms with Gasteiger partial charge in [-0.2, -0.15) is 0 Å². The maximum atomic E-state index is 12.3. The quantitative estimate of drug-likeness (QED) is 0.629. The fourth-order valence-corrected chi connectivity index (χ4v) is 3.11. The number of carbonyl (C=O) groups excluding carboxylic acids is 1. The van der Waals surface area contributed by atoms with Gasteiger partial charge in [0.05, 0.1) is 7.11 Å². The molecule has 0 atom stereocenters. The molecule has 1 heterocycles. The minimum Gasteiger partial charge on any atom is -0.508 e. The van der Waals surface area contributed by atoms with Gasteiger partial charge in [0.1, 0.15) is 11.5 Å². The van der Waals surface area contributed by atoms with Gasteiger partial charge in [-0.15, -0.1) is 0 Å². The van der Waals surface area contributed by atoms with Crippen molar-refractivity contribution in [1.82, 2.24) is 9.80 Å². The van der Waals surface area contributed by atoms with Crippen molar-refractivity contribution in [2.75, 3.05) is 40.3 Å². The second kappa shape index (κ2) is 8.84. The van der Waals surface area contributed by atoms with Crippen LogP contribution in [0.2, 0.25) is 0 Å². The van der Waals surface area contributed by atoms with Gasteiger partial charge < -0.3 is 14.7 Å². The topological polar surface area (TPSA) is 53.0 Å². The molecule has 1 aliphatic heterocycles. The molecule has 142 valence electrons. The van der Waals surface area contributed by atoms with Crippen molar-refractivity contribution in [3.8, 4) is 11.5 Å². The molecule has 2 aromatic rings. The average molecular weight is 366 g/mol. The van der Waals surface area contributed by atoms with Crippen LogP contribution in [-0.2, 0) is 6.54 Å². The second-order valence-corrected chi connectivity index (χ2v) is 6.89. The van der Waals surface area contributed by atoms with Crippen molar-refractivity contribution in [2.45, 2.75) is 6.54 Å². The molecule has 3 rings (SSSR count). The molecular formula is C22H26N2O3. The summed E-state index contributed by atoms with van der Waals surface area (Å²) in [5.74, 6) is 0.960. The summed E-state index contributed by atoms with van der Waals surface area (Å²) >= 11 is 0. The zero-order valence-corrected chi connectivity index (χ0v) is 15.9. The molecule has 5 nitrogen and oxygen atoms in total. The third-order valence-electron chi connectivity index (χ3n) is 4.90. The minimum atomic E-state index is -0.0636. The van der Waals surface area contributed by atoms with E-state index in [4.69, 9.17) is 4.74 Å². The van der Waals surface area contributed by atoms with Crippen LogP contribution in [0.3, 0.4) is 0 Å². The van der Waals surface area contributed by atoms with Crippen LogP contribution in [0.25, 0.3) is 6.08 Å². The van der Waals surface area contributed by atoms with Crippen molar-refractivity contribution >= 4 is 11.9 Å². The third kappa shape index (κ3) is 5.18. The number of benzene rings is 2. The number of likely N-dealkylation sites (N-methyl/N-ethyl adjacent to an activating group) is 1. The Kier molecular flexibility index (Phi) is 6.27. The predicted octanol–water partition coefficient (Wildman–Crippen LogP) is 3.04. The van der Waals surface area contributed by atoms with Gasteiger partial charge in [-0.25, -0.2) is 0 Å². The number of rotatable bonds is 6. The highest BCUT2D eigenvalue weighted by Crippen LogP contribution is 2.22. The van der Waals surface area contributed by atoms with E-state index in [0.717, 1.165) is 43.1 Å². The molecule has 1 aliphatic rings. The first-order valence-corrected chi connectivity index (χ1v) is 9.14. The molecule has 0 radical (unpaired) electrons. The zero-order valence-electron chi connectivity index (χ0n) is 15.9. The molecule has 0 saturated carbocycles. The SMILES string of the molecule is COc1ccc(C(=O)/C=C/c2ccc(O)c(CN3CCN(C)CC3)c2)cc1. The number of phenolic OH excluding ortho intramolecular Hbond substituents is 1.